The van der Waals surface area contributed by atoms with Gasteiger partial charge in [-0.15, -0.1) is 5.10 Å². The van der Waals surface area contributed by atoms with Gasteiger partial charge in [0.1, 0.15) is 0 Å². The van der Waals surface area contributed by atoms with Crippen molar-refractivity contribution in [2.24, 2.45) is 5.73 Å². The van der Waals surface area contributed by atoms with Crippen molar-refractivity contribution >= 4 is 0 Å². The lowest BCUT2D eigenvalue weighted by molar-refractivity contribution is 0.150. The van der Waals surface area contributed by atoms with E-state index in [1.165, 1.54) is 0 Å². The van der Waals surface area contributed by atoms with Gasteiger partial charge in [0.05, 0.1) is 18.3 Å². The average Bonchev–Trinajstić information content (AvgIpc) is 2.85. The van der Waals surface area contributed by atoms with Gasteiger partial charge in [-0.25, -0.2) is 4.68 Å². The number of aliphatic hydroxyl groups is 1. The zero-order chi connectivity index (χ0) is 12.8. The summed E-state index contributed by atoms with van der Waals surface area (Å²) in [5.41, 5.74) is 7.25. The van der Waals surface area contributed by atoms with Gasteiger partial charge in [-0.2, -0.15) is 0 Å². The van der Waals surface area contributed by atoms with Crippen LogP contribution in [0.5, 0.6) is 0 Å². The van der Waals surface area contributed by atoms with E-state index in [0.717, 1.165) is 24.1 Å². The van der Waals surface area contributed by atoms with E-state index in [9.17, 15) is 5.11 Å². The molecule has 2 aromatic rings. The number of hydrogen-bond acceptors (Lipinski definition) is 4. The second-order valence-electron chi connectivity index (χ2n) is 4.25. The molecule has 2 rings (SSSR count). The average molecular weight is 246 g/mol. The molecule has 96 valence electrons. The normalized spacial score (nSPS) is 12.6. The molecule has 0 aliphatic rings. The van der Waals surface area contributed by atoms with Crippen LogP contribution in [0.4, 0.5) is 0 Å². The molecule has 1 aromatic heterocycles. The van der Waals surface area contributed by atoms with Crippen molar-refractivity contribution in [1.29, 1.82) is 0 Å². The predicted octanol–water partition coefficient (Wildman–Crippen LogP) is 0.903. The lowest BCUT2D eigenvalue weighted by Crippen LogP contribution is -2.09. The molecule has 0 spiro atoms. The van der Waals surface area contributed by atoms with Crippen LogP contribution in [0, 0.1) is 0 Å². The van der Waals surface area contributed by atoms with Crippen molar-refractivity contribution in [3.05, 3.63) is 47.8 Å². The van der Waals surface area contributed by atoms with Crippen LogP contribution < -0.4 is 5.73 Å². The maximum atomic E-state index is 10.1. The van der Waals surface area contributed by atoms with Crippen LogP contribution in [0.1, 0.15) is 23.8 Å². The van der Waals surface area contributed by atoms with Crippen LogP contribution >= 0.6 is 0 Å². The summed E-state index contributed by atoms with van der Waals surface area (Å²) in [5, 5.41) is 18.1. The Bertz CT molecular complexity index is 469. The van der Waals surface area contributed by atoms with Gasteiger partial charge in [0.25, 0.3) is 0 Å². The van der Waals surface area contributed by atoms with Crippen molar-refractivity contribution < 1.29 is 5.11 Å². The summed E-state index contributed by atoms with van der Waals surface area (Å²) in [7, 11) is 0. The highest BCUT2D eigenvalue weighted by atomic mass is 16.3. The van der Waals surface area contributed by atoms with E-state index in [1.54, 1.807) is 4.68 Å². The Morgan fingerprint density at radius 1 is 1.28 bits per heavy atom. The first-order valence-corrected chi connectivity index (χ1v) is 6.11. The second-order valence-corrected chi connectivity index (χ2v) is 4.25. The summed E-state index contributed by atoms with van der Waals surface area (Å²) in [4.78, 5) is 0. The molecule has 1 aromatic carbocycles. The molecular formula is C13H18N4O. The fraction of sp³-hybridized carbons (Fsp3) is 0.385. The summed E-state index contributed by atoms with van der Waals surface area (Å²) >= 11 is 0. The van der Waals surface area contributed by atoms with Gasteiger partial charge in [-0.3, -0.25) is 0 Å². The Labute approximate surface area is 106 Å². The lowest BCUT2D eigenvalue weighted by atomic mass is 10.1. The minimum absolute atomic E-state index is 0.416. The minimum atomic E-state index is -0.560. The lowest BCUT2D eigenvalue weighted by Gasteiger charge is -2.09. The fourth-order valence-electron chi connectivity index (χ4n) is 1.78. The van der Waals surface area contributed by atoms with Crippen molar-refractivity contribution in [1.82, 2.24) is 15.0 Å². The number of benzene rings is 1. The molecule has 1 unspecified atom stereocenters. The molecule has 1 atom stereocenters. The van der Waals surface area contributed by atoms with Gasteiger partial charge >= 0.3 is 0 Å². The first-order chi connectivity index (χ1) is 8.79. The van der Waals surface area contributed by atoms with E-state index in [4.69, 9.17) is 5.73 Å². The Balaban J connectivity index is 1.95. The Morgan fingerprint density at radius 3 is 2.78 bits per heavy atom. The van der Waals surface area contributed by atoms with E-state index in [0.29, 0.717) is 13.1 Å². The van der Waals surface area contributed by atoms with Crippen molar-refractivity contribution in [2.75, 3.05) is 6.54 Å². The molecule has 0 saturated heterocycles. The van der Waals surface area contributed by atoms with Gasteiger partial charge in [-0.1, -0.05) is 35.5 Å². The molecule has 5 heteroatoms. The maximum Gasteiger partial charge on any atom is 0.0986 e. The topological polar surface area (TPSA) is 77.0 Å². The highest BCUT2D eigenvalue weighted by Gasteiger charge is 2.09. The quantitative estimate of drug-likeness (QED) is 0.794. The highest BCUT2D eigenvalue weighted by Crippen LogP contribution is 2.13. The van der Waals surface area contributed by atoms with Crippen LogP contribution in [0.15, 0.2) is 36.5 Å². The first-order valence-electron chi connectivity index (χ1n) is 6.11. The Hall–Kier alpha value is -1.72. The van der Waals surface area contributed by atoms with Crippen LogP contribution in [0.3, 0.4) is 0 Å². The largest absolute Gasteiger partial charge is 0.386 e. The fourth-order valence-corrected chi connectivity index (χ4v) is 1.78. The molecule has 3 N–H and O–H groups in total. The van der Waals surface area contributed by atoms with Gasteiger partial charge in [0, 0.05) is 6.20 Å². The van der Waals surface area contributed by atoms with Crippen molar-refractivity contribution in [2.45, 2.75) is 25.5 Å². The number of aliphatic hydroxyl groups excluding tert-OH is 1. The standard InChI is InChI=1S/C13H18N4O/c14-8-4-7-12-9-17(16-15-12)10-13(18)11-5-2-1-3-6-11/h1-3,5-6,9,13,18H,4,7-8,10,14H2. The summed E-state index contributed by atoms with van der Waals surface area (Å²) in [6.45, 7) is 1.07. The SMILES string of the molecule is NCCCc1cn(CC(O)c2ccccc2)nn1. The smallest absolute Gasteiger partial charge is 0.0986 e. The summed E-state index contributed by atoms with van der Waals surface area (Å²) in [6.07, 6.45) is 3.04. The first kappa shape index (κ1) is 12.7. The van der Waals surface area contributed by atoms with Crippen LogP contribution in [-0.4, -0.2) is 26.6 Å². The van der Waals surface area contributed by atoms with Gasteiger partial charge in [-0.05, 0) is 24.9 Å². The Kier molecular flexibility index (Phi) is 4.44. The highest BCUT2D eigenvalue weighted by molar-refractivity contribution is 5.17. The number of rotatable bonds is 6. The summed E-state index contributed by atoms with van der Waals surface area (Å²) < 4.78 is 1.67. The van der Waals surface area contributed by atoms with Crippen molar-refractivity contribution in [3.63, 3.8) is 0 Å². The monoisotopic (exact) mass is 246 g/mol. The van der Waals surface area contributed by atoms with Crippen molar-refractivity contribution in [3.8, 4) is 0 Å². The van der Waals surface area contributed by atoms with Gasteiger partial charge < -0.3 is 10.8 Å². The molecule has 0 bridgehead atoms. The van der Waals surface area contributed by atoms with E-state index in [-0.39, 0.29) is 0 Å². The zero-order valence-electron chi connectivity index (χ0n) is 10.2. The molecule has 1 heterocycles. The Morgan fingerprint density at radius 2 is 2.06 bits per heavy atom. The van der Waals surface area contributed by atoms with E-state index >= 15 is 0 Å². The molecule has 0 saturated carbocycles. The van der Waals surface area contributed by atoms with Crippen LogP contribution in [0.2, 0.25) is 0 Å². The maximum absolute atomic E-state index is 10.1. The number of aryl methyl sites for hydroxylation is 1. The molecular weight excluding hydrogens is 228 g/mol. The van der Waals surface area contributed by atoms with Crippen LogP contribution in [-0.2, 0) is 13.0 Å². The van der Waals surface area contributed by atoms with Gasteiger partial charge in [0.15, 0.2) is 0 Å². The molecule has 0 fully saturated rings. The van der Waals surface area contributed by atoms with E-state index in [1.807, 2.05) is 36.5 Å². The molecule has 0 aliphatic carbocycles. The second kappa shape index (κ2) is 6.28. The van der Waals surface area contributed by atoms with Crippen LogP contribution in [0.25, 0.3) is 0 Å². The third-order valence-electron chi connectivity index (χ3n) is 2.77. The molecule has 0 amide bonds. The molecule has 5 nitrogen and oxygen atoms in total. The summed E-state index contributed by atoms with van der Waals surface area (Å²) in [5.74, 6) is 0. The zero-order valence-corrected chi connectivity index (χ0v) is 10.2. The van der Waals surface area contributed by atoms with E-state index in [2.05, 4.69) is 10.3 Å². The third-order valence-corrected chi connectivity index (χ3v) is 2.77. The molecule has 0 aliphatic heterocycles. The third kappa shape index (κ3) is 3.38. The number of nitrogens with two attached hydrogens (primary N) is 1. The van der Waals surface area contributed by atoms with Gasteiger partial charge in [0.2, 0.25) is 0 Å². The number of nitrogens with zero attached hydrogens (tertiary/aromatic N) is 3. The van der Waals surface area contributed by atoms with E-state index < -0.39 is 6.10 Å². The minimum Gasteiger partial charge on any atom is -0.386 e. The summed E-state index contributed by atoms with van der Waals surface area (Å²) in [6, 6.07) is 9.55. The predicted molar refractivity (Wildman–Crippen MR) is 68.8 cm³/mol. The number of hydrogen-bond donors (Lipinski definition) is 2. The molecule has 0 radical (unpaired) electrons. The molecule has 18 heavy (non-hydrogen) atoms. The number of aromatic nitrogens is 3.